The van der Waals surface area contributed by atoms with Gasteiger partial charge in [0, 0.05) is 22.5 Å². The van der Waals surface area contributed by atoms with Gasteiger partial charge in [-0.05, 0) is 29.0 Å². The molecule has 1 aromatic heterocycles. The van der Waals surface area contributed by atoms with E-state index in [-0.39, 0.29) is 11.4 Å². The SMILES string of the molecule is N#CC(=CNc1ccccc1-c1cccc(Cl)c1)c1nn[nH]n1. The monoisotopic (exact) mass is 322 g/mol. The summed E-state index contributed by atoms with van der Waals surface area (Å²) in [6, 6.07) is 17.3. The van der Waals surface area contributed by atoms with Gasteiger partial charge in [-0.1, -0.05) is 41.9 Å². The fraction of sp³-hybridized carbons (Fsp3) is 0. The molecule has 0 saturated carbocycles. The van der Waals surface area contributed by atoms with Crippen LogP contribution in [0.3, 0.4) is 0 Å². The van der Waals surface area contributed by atoms with Crippen molar-refractivity contribution in [1.29, 1.82) is 5.26 Å². The van der Waals surface area contributed by atoms with E-state index in [1.807, 2.05) is 54.6 Å². The molecule has 2 N–H and O–H groups in total. The van der Waals surface area contributed by atoms with Gasteiger partial charge in [-0.3, -0.25) is 0 Å². The van der Waals surface area contributed by atoms with Crippen molar-refractivity contribution in [3.05, 3.63) is 65.6 Å². The number of aromatic nitrogens is 4. The van der Waals surface area contributed by atoms with E-state index in [9.17, 15) is 5.26 Å². The number of nitriles is 1. The summed E-state index contributed by atoms with van der Waals surface area (Å²) in [6.07, 6.45) is 1.55. The van der Waals surface area contributed by atoms with Crippen LogP contribution < -0.4 is 5.32 Å². The predicted molar refractivity (Wildman–Crippen MR) is 88.3 cm³/mol. The van der Waals surface area contributed by atoms with Gasteiger partial charge in [-0.2, -0.15) is 10.5 Å². The molecule has 0 spiro atoms. The first-order chi connectivity index (χ1) is 11.3. The van der Waals surface area contributed by atoms with Crippen LogP contribution >= 0.6 is 11.6 Å². The van der Waals surface area contributed by atoms with Gasteiger partial charge in [0.25, 0.3) is 0 Å². The molecule has 1 heterocycles. The van der Waals surface area contributed by atoms with Gasteiger partial charge >= 0.3 is 0 Å². The summed E-state index contributed by atoms with van der Waals surface area (Å²) in [5.41, 5.74) is 3.06. The van der Waals surface area contributed by atoms with Crippen LogP contribution in [0.5, 0.6) is 0 Å². The Balaban J connectivity index is 1.94. The van der Waals surface area contributed by atoms with Gasteiger partial charge in [0.2, 0.25) is 5.82 Å². The van der Waals surface area contributed by atoms with E-state index in [4.69, 9.17) is 11.6 Å². The topological polar surface area (TPSA) is 90.3 Å². The molecule has 0 saturated heterocycles. The number of benzene rings is 2. The quantitative estimate of drug-likeness (QED) is 0.717. The third-order valence-electron chi connectivity index (χ3n) is 3.14. The first-order valence-corrected chi connectivity index (χ1v) is 7.11. The number of hydrogen-bond acceptors (Lipinski definition) is 5. The molecular formula is C16H11ClN6. The van der Waals surface area contributed by atoms with Crippen LogP contribution in [-0.2, 0) is 0 Å². The van der Waals surface area contributed by atoms with Crippen molar-refractivity contribution in [2.24, 2.45) is 0 Å². The molecule has 0 radical (unpaired) electrons. The van der Waals surface area contributed by atoms with Crippen molar-refractivity contribution in [3.63, 3.8) is 0 Å². The molecule has 0 bridgehead atoms. The Bertz CT molecular complexity index is 880. The molecule has 2 aromatic carbocycles. The molecule has 0 aliphatic carbocycles. The Hall–Kier alpha value is -3.17. The van der Waals surface area contributed by atoms with E-state index >= 15 is 0 Å². The molecule has 3 rings (SSSR count). The van der Waals surface area contributed by atoms with Gasteiger partial charge in [-0.15, -0.1) is 10.2 Å². The van der Waals surface area contributed by atoms with E-state index in [1.165, 1.54) is 0 Å². The number of tetrazole rings is 1. The van der Waals surface area contributed by atoms with Crippen LogP contribution in [0, 0.1) is 11.3 Å². The number of rotatable bonds is 4. The summed E-state index contributed by atoms with van der Waals surface area (Å²) in [6.45, 7) is 0. The first kappa shape index (κ1) is 14.8. The maximum atomic E-state index is 9.20. The van der Waals surface area contributed by atoms with Crippen LogP contribution in [0.2, 0.25) is 5.02 Å². The number of hydrogen-bond donors (Lipinski definition) is 2. The zero-order valence-electron chi connectivity index (χ0n) is 11.9. The number of H-pyrrole nitrogens is 1. The lowest BCUT2D eigenvalue weighted by atomic mass is 10.0. The molecule has 0 unspecified atom stereocenters. The van der Waals surface area contributed by atoms with E-state index in [0.717, 1.165) is 16.8 Å². The van der Waals surface area contributed by atoms with E-state index in [1.54, 1.807) is 6.20 Å². The minimum atomic E-state index is 0.236. The summed E-state index contributed by atoms with van der Waals surface area (Å²) >= 11 is 6.06. The minimum absolute atomic E-state index is 0.236. The number of para-hydroxylation sites is 1. The average molecular weight is 323 g/mol. The second kappa shape index (κ2) is 6.73. The van der Waals surface area contributed by atoms with Crippen molar-refractivity contribution in [2.75, 3.05) is 5.32 Å². The van der Waals surface area contributed by atoms with E-state index in [0.29, 0.717) is 5.02 Å². The van der Waals surface area contributed by atoms with Gasteiger partial charge in [0.05, 0.1) is 0 Å². The maximum absolute atomic E-state index is 9.20. The largest absolute Gasteiger partial charge is 0.360 e. The maximum Gasteiger partial charge on any atom is 0.216 e. The third kappa shape index (κ3) is 3.36. The fourth-order valence-electron chi connectivity index (χ4n) is 2.09. The van der Waals surface area contributed by atoms with Crippen molar-refractivity contribution in [3.8, 4) is 17.2 Å². The van der Waals surface area contributed by atoms with Crippen LogP contribution in [0.4, 0.5) is 5.69 Å². The number of allylic oxidation sites excluding steroid dienone is 1. The lowest BCUT2D eigenvalue weighted by Gasteiger charge is -2.10. The number of nitrogens with zero attached hydrogens (tertiary/aromatic N) is 4. The molecule has 6 nitrogen and oxygen atoms in total. The fourth-order valence-corrected chi connectivity index (χ4v) is 2.28. The Morgan fingerprint density at radius 3 is 2.83 bits per heavy atom. The van der Waals surface area contributed by atoms with Crippen molar-refractivity contribution < 1.29 is 0 Å². The number of halogens is 1. The predicted octanol–water partition coefficient (Wildman–Crippen LogP) is 3.50. The minimum Gasteiger partial charge on any atom is -0.360 e. The molecule has 23 heavy (non-hydrogen) atoms. The molecule has 0 atom stereocenters. The third-order valence-corrected chi connectivity index (χ3v) is 3.38. The molecular weight excluding hydrogens is 312 g/mol. The van der Waals surface area contributed by atoms with Gasteiger partial charge in [0.1, 0.15) is 11.6 Å². The van der Waals surface area contributed by atoms with Crippen LogP contribution in [-0.4, -0.2) is 20.6 Å². The van der Waals surface area contributed by atoms with E-state index < -0.39 is 0 Å². The highest BCUT2D eigenvalue weighted by molar-refractivity contribution is 6.30. The Kier molecular flexibility index (Phi) is 4.32. The second-order valence-corrected chi connectivity index (χ2v) is 5.04. The van der Waals surface area contributed by atoms with Crippen molar-refractivity contribution in [2.45, 2.75) is 0 Å². The molecule has 0 aliphatic rings. The summed E-state index contributed by atoms with van der Waals surface area (Å²) in [5.74, 6) is 0.236. The lowest BCUT2D eigenvalue weighted by Crippen LogP contribution is -1.95. The molecule has 0 aliphatic heterocycles. The zero-order chi connectivity index (χ0) is 16.1. The Morgan fingerprint density at radius 1 is 1.22 bits per heavy atom. The van der Waals surface area contributed by atoms with Crippen molar-refractivity contribution in [1.82, 2.24) is 20.6 Å². The van der Waals surface area contributed by atoms with Crippen LogP contribution in [0.1, 0.15) is 5.82 Å². The summed E-state index contributed by atoms with van der Waals surface area (Å²) in [4.78, 5) is 0. The second-order valence-electron chi connectivity index (χ2n) is 4.61. The number of aromatic amines is 1. The Morgan fingerprint density at radius 2 is 2.09 bits per heavy atom. The smallest absolute Gasteiger partial charge is 0.216 e. The Labute approximate surface area is 137 Å². The molecule has 0 amide bonds. The average Bonchev–Trinajstić information content (AvgIpc) is 3.10. The lowest BCUT2D eigenvalue weighted by molar-refractivity contribution is 0.881. The number of anilines is 1. The molecule has 3 aromatic rings. The highest BCUT2D eigenvalue weighted by Crippen LogP contribution is 2.29. The summed E-state index contributed by atoms with van der Waals surface area (Å²) in [7, 11) is 0. The van der Waals surface area contributed by atoms with Gasteiger partial charge < -0.3 is 5.32 Å². The first-order valence-electron chi connectivity index (χ1n) is 6.73. The standard InChI is InChI=1S/C16H11ClN6/c17-13-5-3-4-11(8-13)14-6-1-2-7-15(14)19-10-12(9-18)16-20-22-23-21-16/h1-8,10,19H,(H,20,21,22,23). The molecule has 7 heteroatoms. The number of nitrogens with one attached hydrogen (secondary N) is 2. The van der Waals surface area contributed by atoms with Crippen LogP contribution in [0.15, 0.2) is 54.7 Å². The zero-order valence-corrected chi connectivity index (χ0v) is 12.6. The summed E-state index contributed by atoms with van der Waals surface area (Å²) in [5, 5.41) is 26.4. The normalized spacial score (nSPS) is 11.0. The molecule has 112 valence electrons. The van der Waals surface area contributed by atoms with Crippen LogP contribution in [0.25, 0.3) is 16.7 Å². The van der Waals surface area contributed by atoms with Crippen molar-refractivity contribution >= 4 is 22.9 Å². The van der Waals surface area contributed by atoms with Gasteiger partial charge in [-0.25, -0.2) is 0 Å². The highest BCUT2D eigenvalue weighted by atomic mass is 35.5. The van der Waals surface area contributed by atoms with E-state index in [2.05, 4.69) is 25.9 Å². The molecule has 0 fully saturated rings. The summed E-state index contributed by atoms with van der Waals surface area (Å²) < 4.78 is 0. The van der Waals surface area contributed by atoms with Gasteiger partial charge in [0.15, 0.2) is 0 Å². The highest BCUT2D eigenvalue weighted by Gasteiger charge is 2.07.